The minimum atomic E-state index is -4.52. The summed E-state index contributed by atoms with van der Waals surface area (Å²) in [6.07, 6.45) is -4.12. The van der Waals surface area contributed by atoms with Gasteiger partial charge in [0, 0.05) is 38.3 Å². The highest BCUT2D eigenvalue weighted by molar-refractivity contribution is 6.42. The Morgan fingerprint density at radius 2 is 1.77 bits per heavy atom. The number of nitrogens with zero attached hydrogens (tertiary/aromatic N) is 3. The Bertz CT molecular complexity index is 1110. The Morgan fingerprint density at radius 3 is 2.37 bits per heavy atom. The topological polar surface area (TPSA) is 43.9 Å². The van der Waals surface area contributed by atoms with Crippen LogP contribution in [0.4, 0.5) is 23.7 Å². The van der Waals surface area contributed by atoms with E-state index in [0.717, 1.165) is 17.7 Å². The van der Waals surface area contributed by atoms with Crippen molar-refractivity contribution in [1.82, 2.24) is 9.80 Å². The summed E-state index contributed by atoms with van der Waals surface area (Å²) in [5, 5.41) is 0.785. The molecule has 2 aromatic rings. The molecule has 0 radical (unpaired) electrons. The number of anilines is 1. The third-order valence-electron chi connectivity index (χ3n) is 6.05. The van der Waals surface area contributed by atoms with Crippen molar-refractivity contribution in [3.8, 4) is 0 Å². The first-order valence-electron chi connectivity index (χ1n) is 11.2. The maximum Gasteiger partial charge on any atom is 0.416 e. The fourth-order valence-electron chi connectivity index (χ4n) is 4.21. The van der Waals surface area contributed by atoms with E-state index >= 15 is 0 Å². The summed E-state index contributed by atoms with van der Waals surface area (Å²) in [4.78, 5) is 30.8. The quantitative estimate of drug-likeness (QED) is 0.467. The van der Waals surface area contributed by atoms with Crippen LogP contribution in [0, 0.1) is 12.8 Å². The molecule has 5 nitrogen and oxygen atoms in total. The lowest BCUT2D eigenvalue weighted by atomic mass is 10.0. The van der Waals surface area contributed by atoms with Crippen molar-refractivity contribution in [2.45, 2.75) is 39.4 Å². The van der Waals surface area contributed by atoms with Gasteiger partial charge in [-0.1, -0.05) is 43.1 Å². The van der Waals surface area contributed by atoms with Crippen molar-refractivity contribution in [1.29, 1.82) is 0 Å². The number of rotatable bonds is 4. The van der Waals surface area contributed by atoms with E-state index in [1.165, 1.54) is 11.9 Å². The number of aryl methyl sites for hydroxylation is 1. The smallest absolute Gasteiger partial charge is 0.339 e. The van der Waals surface area contributed by atoms with Gasteiger partial charge in [-0.15, -0.1) is 0 Å². The van der Waals surface area contributed by atoms with Crippen LogP contribution in [0.3, 0.4) is 0 Å². The van der Waals surface area contributed by atoms with Gasteiger partial charge in [0.2, 0.25) is 5.91 Å². The molecule has 1 saturated heterocycles. The standard InChI is InChI=1S/C25H28Cl2F3N3O2/c1-15(2)23(34)32-7-8-33(20(14-32)11-17-5-6-21(26)22(27)12-17)24(35)31(4)19-10-16(3)9-18(13-19)25(28,29)30/h5-6,9-10,12-13,15,20H,7-8,11,14H2,1-4H3/t20-/m1/s1. The minimum absolute atomic E-state index is 0.0157. The third kappa shape index (κ3) is 6.41. The summed E-state index contributed by atoms with van der Waals surface area (Å²) >= 11 is 12.2. The number of benzene rings is 2. The lowest BCUT2D eigenvalue weighted by Gasteiger charge is -2.43. The Balaban J connectivity index is 1.90. The molecule has 0 aliphatic carbocycles. The maximum absolute atomic E-state index is 13.5. The molecule has 0 aromatic heterocycles. The summed E-state index contributed by atoms with van der Waals surface area (Å²) in [6, 6.07) is 7.91. The molecule has 0 spiro atoms. The number of hydrogen-bond donors (Lipinski definition) is 0. The molecule has 1 atom stereocenters. The number of hydrogen-bond acceptors (Lipinski definition) is 2. The monoisotopic (exact) mass is 529 g/mol. The molecule has 1 fully saturated rings. The first-order valence-corrected chi connectivity index (χ1v) is 12.0. The van der Waals surface area contributed by atoms with Crippen LogP contribution in [0.5, 0.6) is 0 Å². The molecule has 10 heteroatoms. The van der Waals surface area contributed by atoms with E-state index in [9.17, 15) is 22.8 Å². The zero-order valence-corrected chi connectivity index (χ0v) is 21.5. The van der Waals surface area contributed by atoms with Gasteiger partial charge >= 0.3 is 12.2 Å². The van der Waals surface area contributed by atoms with Gasteiger partial charge in [0.1, 0.15) is 0 Å². The summed E-state index contributed by atoms with van der Waals surface area (Å²) in [6.45, 7) is 6.09. The fourth-order valence-corrected chi connectivity index (χ4v) is 4.53. The van der Waals surface area contributed by atoms with Crippen molar-refractivity contribution in [3.63, 3.8) is 0 Å². The van der Waals surface area contributed by atoms with Gasteiger partial charge < -0.3 is 9.80 Å². The molecule has 3 rings (SSSR count). The number of alkyl halides is 3. The molecule has 0 saturated carbocycles. The highest BCUT2D eigenvalue weighted by atomic mass is 35.5. The largest absolute Gasteiger partial charge is 0.416 e. The van der Waals surface area contributed by atoms with Gasteiger partial charge in [-0.05, 0) is 54.8 Å². The molecule has 0 N–H and O–H groups in total. The molecular weight excluding hydrogens is 502 g/mol. The molecule has 3 amide bonds. The van der Waals surface area contributed by atoms with Crippen LogP contribution >= 0.6 is 23.2 Å². The van der Waals surface area contributed by atoms with Crippen molar-refractivity contribution >= 4 is 40.8 Å². The zero-order chi connectivity index (χ0) is 26.1. The van der Waals surface area contributed by atoms with Gasteiger partial charge in [0.05, 0.1) is 21.7 Å². The number of carbonyl (C=O) groups excluding carboxylic acids is 2. The molecule has 190 valence electrons. The molecule has 2 aromatic carbocycles. The summed E-state index contributed by atoms with van der Waals surface area (Å²) in [7, 11) is 1.46. The van der Waals surface area contributed by atoms with Crippen LogP contribution in [0.15, 0.2) is 36.4 Å². The van der Waals surface area contributed by atoms with E-state index in [0.29, 0.717) is 35.1 Å². The SMILES string of the molecule is Cc1cc(N(C)C(=O)N2CCN(C(=O)C(C)C)C[C@H]2Cc2ccc(Cl)c(Cl)c2)cc(C(F)(F)F)c1. The molecule has 0 bridgehead atoms. The van der Waals surface area contributed by atoms with E-state index in [1.54, 1.807) is 41.0 Å². The molecular formula is C25H28Cl2F3N3O2. The second kappa shape index (κ2) is 10.7. The van der Waals surface area contributed by atoms with Gasteiger partial charge in [0.15, 0.2) is 0 Å². The Morgan fingerprint density at radius 1 is 1.09 bits per heavy atom. The van der Waals surface area contributed by atoms with E-state index in [4.69, 9.17) is 23.2 Å². The van der Waals surface area contributed by atoms with Gasteiger partial charge in [-0.3, -0.25) is 9.69 Å². The van der Waals surface area contributed by atoms with Crippen molar-refractivity contribution < 1.29 is 22.8 Å². The summed E-state index contributed by atoms with van der Waals surface area (Å²) in [5.74, 6) is -0.211. The molecule has 1 heterocycles. The van der Waals surface area contributed by atoms with Crippen LogP contribution in [0.25, 0.3) is 0 Å². The van der Waals surface area contributed by atoms with E-state index in [-0.39, 0.29) is 24.1 Å². The Kier molecular flexibility index (Phi) is 8.27. The first kappa shape index (κ1) is 27.1. The molecule has 1 aliphatic rings. The fraction of sp³-hybridized carbons (Fsp3) is 0.440. The van der Waals surface area contributed by atoms with E-state index in [2.05, 4.69) is 0 Å². The number of amides is 3. The Labute approximate surface area is 213 Å². The lowest BCUT2D eigenvalue weighted by molar-refractivity contribution is -0.138. The van der Waals surface area contributed by atoms with Gasteiger partial charge in [-0.25, -0.2) is 4.79 Å². The second-order valence-electron chi connectivity index (χ2n) is 9.14. The number of urea groups is 1. The first-order chi connectivity index (χ1) is 16.3. The second-order valence-corrected chi connectivity index (χ2v) is 9.95. The van der Waals surface area contributed by atoms with Crippen LogP contribution < -0.4 is 4.90 Å². The van der Waals surface area contributed by atoms with Gasteiger partial charge in [0.25, 0.3) is 0 Å². The van der Waals surface area contributed by atoms with Gasteiger partial charge in [-0.2, -0.15) is 13.2 Å². The maximum atomic E-state index is 13.5. The van der Waals surface area contributed by atoms with Crippen molar-refractivity contribution in [3.05, 3.63) is 63.1 Å². The molecule has 0 unspecified atom stereocenters. The van der Waals surface area contributed by atoms with Crippen LogP contribution in [0.2, 0.25) is 10.0 Å². The van der Waals surface area contributed by atoms with E-state index in [1.807, 2.05) is 13.8 Å². The average molecular weight is 530 g/mol. The highest BCUT2D eigenvalue weighted by Crippen LogP contribution is 2.33. The molecule has 35 heavy (non-hydrogen) atoms. The predicted octanol–water partition coefficient (Wildman–Crippen LogP) is 6.29. The van der Waals surface area contributed by atoms with Crippen LogP contribution in [0.1, 0.15) is 30.5 Å². The predicted molar refractivity (Wildman–Crippen MR) is 132 cm³/mol. The number of carbonyl (C=O) groups is 2. The number of halogens is 5. The third-order valence-corrected chi connectivity index (χ3v) is 6.79. The zero-order valence-electron chi connectivity index (χ0n) is 20.0. The lowest BCUT2D eigenvalue weighted by Crippen LogP contribution is -2.60. The average Bonchev–Trinajstić information content (AvgIpc) is 2.79. The normalized spacial score (nSPS) is 16.6. The van der Waals surface area contributed by atoms with E-state index < -0.39 is 23.8 Å². The van der Waals surface area contributed by atoms with Crippen molar-refractivity contribution in [2.24, 2.45) is 5.92 Å². The summed E-state index contributed by atoms with van der Waals surface area (Å²) < 4.78 is 40.0. The van der Waals surface area contributed by atoms with Crippen LogP contribution in [-0.4, -0.2) is 54.5 Å². The highest BCUT2D eigenvalue weighted by Gasteiger charge is 2.36. The molecule has 1 aliphatic heterocycles. The minimum Gasteiger partial charge on any atom is -0.339 e. The summed E-state index contributed by atoms with van der Waals surface area (Å²) in [5.41, 5.74) is 0.566. The van der Waals surface area contributed by atoms with Crippen molar-refractivity contribution in [2.75, 3.05) is 31.6 Å². The Hall–Kier alpha value is -2.45. The number of piperazine rings is 1. The van der Waals surface area contributed by atoms with Crippen LogP contribution in [-0.2, 0) is 17.4 Å².